The molecule has 0 aliphatic heterocycles. The lowest BCUT2D eigenvalue weighted by Crippen LogP contribution is -2.25. The summed E-state index contributed by atoms with van der Waals surface area (Å²) < 4.78 is 24.2. The van der Waals surface area contributed by atoms with Crippen molar-refractivity contribution in [3.63, 3.8) is 0 Å². The lowest BCUT2D eigenvalue weighted by atomic mass is 10.2. The first-order valence-corrected chi connectivity index (χ1v) is 6.50. The highest BCUT2D eigenvalue weighted by molar-refractivity contribution is 5.61. The predicted molar refractivity (Wildman–Crippen MR) is 70.5 cm³/mol. The summed E-state index contributed by atoms with van der Waals surface area (Å²) in [7, 11) is 1.51. The molecule has 2 atom stereocenters. The zero-order chi connectivity index (χ0) is 15.5. The summed E-state index contributed by atoms with van der Waals surface area (Å²) in [6.07, 6.45) is -2.44. The molecule has 0 aromatic rings. The van der Waals surface area contributed by atoms with Gasteiger partial charge in [0.05, 0.1) is 12.7 Å². The van der Waals surface area contributed by atoms with Crippen molar-refractivity contribution in [3.05, 3.63) is 0 Å². The number of methoxy groups -OCH3 is 1. The van der Waals surface area contributed by atoms with Crippen LogP contribution in [0.15, 0.2) is 0 Å². The number of carbonyl (C=O) groups is 2. The molecular formula is C13H24O7. The fourth-order valence-corrected chi connectivity index (χ4v) is 0.948. The zero-order valence-corrected chi connectivity index (χ0v) is 12.7. The van der Waals surface area contributed by atoms with Crippen LogP contribution in [0.3, 0.4) is 0 Å². The van der Waals surface area contributed by atoms with Crippen LogP contribution in [0.5, 0.6) is 0 Å². The van der Waals surface area contributed by atoms with Crippen LogP contribution in [-0.2, 0) is 23.7 Å². The van der Waals surface area contributed by atoms with Crippen molar-refractivity contribution in [1.82, 2.24) is 0 Å². The summed E-state index contributed by atoms with van der Waals surface area (Å²) in [6, 6.07) is 0. The molecule has 0 bridgehead atoms. The van der Waals surface area contributed by atoms with Gasteiger partial charge in [-0.05, 0) is 19.8 Å². The Labute approximate surface area is 119 Å². The van der Waals surface area contributed by atoms with Crippen molar-refractivity contribution in [2.45, 2.75) is 39.9 Å². The Morgan fingerprint density at radius 1 is 0.800 bits per heavy atom. The molecule has 7 heteroatoms. The SMILES string of the molecule is COC(C)COC(=O)OC(C)COC(=O)OCC(C)C. The lowest BCUT2D eigenvalue weighted by Gasteiger charge is -2.15. The number of carbonyl (C=O) groups excluding carboxylic acids is 2. The van der Waals surface area contributed by atoms with Crippen LogP contribution >= 0.6 is 0 Å². The fourth-order valence-electron chi connectivity index (χ4n) is 0.948. The molecule has 0 radical (unpaired) electrons. The fraction of sp³-hybridized carbons (Fsp3) is 0.846. The van der Waals surface area contributed by atoms with Gasteiger partial charge in [0, 0.05) is 7.11 Å². The van der Waals surface area contributed by atoms with Crippen LogP contribution in [0.25, 0.3) is 0 Å². The molecule has 0 aliphatic carbocycles. The average molecular weight is 292 g/mol. The molecule has 0 amide bonds. The van der Waals surface area contributed by atoms with Crippen molar-refractivity contribution in [2.24, 2.45) is 5.92 Å². The van der Waals surface area contributed by atoms with Crippen LogP contribution in [0.1, 0.15) is 27.7 Å². The number of hydrogen-bond donors (Lipinski definition) is 0. The van der Waals surface area contributed by atoms with E-state index < -0.39 is 18.4 Å². The van der Waals surface area contributed by atoms with Crippen molar-refractivity contribution in [1.29, 1.82) is 0 Å². The number of hydrogen-bond acceptors (Lipinski definition) is 7. The molecule has 2 unspecified atom stereocenters. The zero-order valence-electron chi connectivity index (χ0n) is 12.7. The van der Waals surface area contributed by atoms with Gasteiger partial charge in [0.2, 0.25) is 0 Å². The van der Waals surface area contributed by atoms with E-state index in [2.05, 4.69) is 0 Å². The van der Waals surface area contributed by atoms with E-state index in [1.807, 2.05) is 13.8 Å². The van der Waals surface area contributed by atoms with Gasteiger partial charge >= 0.3 is 12.3 Å². The van der Waals surface area contributed by atoms with Crippen LogP contribution in [0, 0.1) is 5.92 Å². The molecule has 0 spiro atoms. The number of rotatable bonds is 8. The van der Waals surface area contributed by atoms with Crippen molar-refractivity contribution < 1.29 is 33.3 Å². The van der Waals surface area contributed by atoms with Crippen molar-refractivity contribution in [3.8, 4) is 0 Å². The van der Waals surface area contributed by atoms with E-state index in [-0.39, 0.29) is 31.8 Å². The molecule has 0 saturated carbocycles. The Kier molecular flexibility index (Phi) is 9.53. The van der Waals surface area contributed by atoms with Gasteiger partial charge in [-0.1, -0.05) is 13.8 Å². The van der Waals surface area contributed by atoms with Crippen LogP contribution < -0.4 is 0 Å². The minimum absolute atomic E-state index is 0.0914. The molecule has 118 valence electrons. The minimum atomic E-state index is -0.833. The largest absolute Gasteiger partial charge is 0.508 e. The van der Waals surface area contributed by atoms with E-state index in [9.17, 15) is 9.59 Å². The Hall–Kier alpha value is -1.50. The normalized spacial score (nSPS) is 13.5. The first-order chi connectivity index (χ1) is 9.35. The van der Waals surface area contributed by atoms with E-state index in [1.165, 1.54) is 7.11 Å². The smallest absolute Gasteiger partial charge is 0.434 e. The summed E-state index contributed by atoms with van der Waals surface area (Å²) in [5, 5.41) is 0. The third-order valence-corrected chi connectivity index (χ3v) is 2.11. The standard InChI is InChI=1S/C13H24O7/c1-9(2)6-17-12(14)18-8-11(4)20-13(15)19-7-10(3)16-5/h9-11H,6-8H2,1-5H3. The van der Waals surface area contributed by atoms with Crippen LogP contribution in [0.4, 0.5) is 9.59 Å². The molecule has 0 aliphatic rings. The third-order valence-electron chi connectivity index (χ3n) is 2.11. The first kappa shape index (κ1) is 18.5. The Morgan fingerprint density at radius 3 is 1.85 bits per heavy atom. The Balaban J connectivity index is 3.74. The van der Waals surface area contributed by atoms with Gasteiger partial charge in [-0.2, -0.15) is 0 Å². The van der Waals surface area contributed by atoms with Gasteiger partial charge in [0.1, 0.15) is 19.3 Å². The van der Waals surface area contributed by atoms with Gasteiger partial charge < -0.3 is 23.7 Å². The van der Waals surface area contributed by atoms with E-state index >= 15 is 0 Å². The Bertz CT molecular complexity index is 290. The van der Waals surface area contributed by atoms with E-state index in [0.29, 0.717) is 0 Å². The second-order valence-corrected chi connectivity index (χ2v) is 4.80. The average Bonchev–Trinajstić information content (AvgIpc) is 2.40. The molecular weight excluding hydrogens is 268 g/mol. The summed E-state index contributed by atoms with van der Waals surface area (Å²) in [5.74, 6) is 0.231. The second-order valence-electron chi connectivity index (χ2n) is 4.80. The monoisotopic (exact) mass is 292 g/mol. The molecule has 0 aromatic carbocycles. The molecule has 0 rings (SSSR count). The van der Waals surface area contributed by atoms with Gasteiger partial charge in [-0.15, -0.1) is 0 Å². The van der Waals surface area contributed by atoms with Gasteiger partial charge in [0.25, 0.3) is 0 Å². The maximum Gasteiger partial charge on any atom is 0.508 e. The molecule has 7 nitrogen and oxygen atoms in total. The summed E-state index contributed by atoms with van der Waals surface area (Å²) in [6.45, 7) is 7.45. The topological polar surface area (TPSA) is 80.3 Å². The van der Waals surface area contributed by atoms with Gasteiger partial charge in [-0.3, -0.25) is 0 Å². The van der Waals surface area contributed by atoms with E-state index in [0.717, 1.165) is 0 Å². The molecule has 0 fully saturated rings. The first-order valence-electron chi connectivity index (χ1n) is 6.50. The maximum absolute atomic E-state index is 11.3. The van der Waals surface area contributed by atoms with Crippen LogP contribution in [-0.4, -0.2) is 51.4 Å². The Morgan fingerprint density at radius 2 is 1.30 bits per heavy atom. The number of ether oxygens (including phenoxy) is 5. The molecule has 0 heterocycles. The summed E-state index contributed by atoms with van der Waals surface area (Å²) >= 11 is 0. The quantitative estimate of drug-likeness (QED) is 0.635. The highest BCUT2D eigenvalue weighted by Crippen LogP contribution is 2.00. The van der Waals surface area contributed by atoms with E-state index in [1.54, 1.807) is 13.8 Å². The minimum Gasteiger partial charge on any atom is -0.434 e. The van der Waals surface area contributed by atoms with Crippen molar-refractivity contribution in [2.75, 3.05) is 26.9 Å². The second kappa shape index (κ2) is 10.3. The highest BCUT2D eigenvalue weighted by Gasteiger charge is 2.15. The molecule has 20 heavy (non-hydrogen) atoms. The third kappa shape index (κ3) is 10.4. The van der Waals surface area contributed by atoms with E-state index in [4.69, 9.17) is 23.7 Å². The summed E-state index contributed by atoms with van der Waals surface area (Å²) in [4.78, 5) is 22.4. The molecule has 0 aromatic heterocycles. The highest BCUT2D eigenvalue weighted by atomic mass is 16.8. The molecule has 0 N–H and O–H groups in total. The maximum atomic E-state index is 11.3. The molecule has 0 saturated heterocycles. The van der Waals surface area contributed by atoms with Gasteiger partial charge in [-0.25, -0.2) is 9.59 Å². The van der Waals surface area contributed by atoms with Crippen molar-refractivity contribution >= 4 is 12.3 Å². The lowest BCUT2D eigenvalue weighted by molar-refractivity contribution is -0.0268. The van der Waals surface area contributed by atoms with Gasteiger partial charge in [0.15, 0.2) is 0 Å². The summed E-state index contributed by atoms with van der Waals surface area (Å²) in [5.41, 5.74) is 0. The predicted octanol–water partition coefficient (Wildman–Crippen LogP) is 2.37. The van der Waals surface area contributed by atoms with Crippen LogP contribution in [0.2, 0.25) is 0 Å².